The third-order valence-electron chi connectivity index (χ3n) is 3.32. The van der Waals surface area contributed by atoms with Gasteiger partial charge in [0.15, 0.2) is 17.3 Å². The number of anilines is 1. The number of nitrogens with one attached hydrogen (secondary N) is 1. The number of para-hydroxylation sites is 1. The van der Waals surface area contributed by atoms with Crippen molar-refractivity contribution in [2.24, 2.45) is 0 Å². The van der Waals surface area contributed by atoms with Crippen LogP contribution < -0.4 is 14.8 Å². The molecule has 0 amide bonds. The molecule has 0 fully saturated rings. The van der Waals surface area contributed by atoms with Crippen molar-refractivity contribution in [1.29, 1.82) is 0 Å². The van der Waals surface area contributed by atoms with Crippen LogP contribution in [0.15, 0.2) is 42.5 Å². The number of hydrogen-bond acceptors (Lipinski definition) is 7. The van der Waals surface area contributed by atoms with Crippen LogP contribution in [0, 0.1) is 0 Å². The van der Waals surface area contributed by atoms with Crippen LogP contribution in [0.3, 0.4) is 0 Å². The second-order valence-corrected chi connectivity index (χ2v) is 5.47. The van der Waals surface area contributed by atoms with Crippen molar-refractivity contribution in [2.45, 2.75) is 13.8 Å². The summed E-state index contributed by atoms with van der Waals surface area (Å²) in [5.41, 5.74) is 0.766. The lowest BCUT2D eigenvalue weighted by atomic mass is 10.0. The highest BCUT2D eigenvalue weighted by atomic mass is 16.6. The summed E-state index contributed by atoms with van der Waals surface area (Å²) in [4.78, 5) is 46.1. The van der Waals surface area contributed by atoms with Crippen LogP contribution in [0.1, 0.15) is 29.8 Å². The first-order valence-corrected chi connectivity index (χ1v) is 7.88. The Morgan fingerprint density at radius 1 is 0.926 bits per heavy atom. The Morgan fingerprint density at radius 2 is 1.56 bits per heavy atom. The normalized spacial score (nSPS) is 10.0. The van der Waals surface area contributed by atoms with Gasteiger partial charge in [0.1, 0.15) is 6.54 Å². The number of ketones is 1. The maximum Gasteiger partial charge on any atom is 0.322 e. The fraction of sp³-hybridized carbons (Fsp3) is 0.158. The van der Waals surface area contributed by atoms with Gasteiger partial charge in [-0.1, -0.05) is 12.1 Å². The number of esters is 2. The maximum absolute atomic E-state index is 12.8. The zero-order valence-electron chi connectivity index (χ0n) is 14.6. The van der Waals surface area contributed by atoms with Gasteiger partial charge in [0.25, 0.3) is 0 Å². The van der Waals surface area contributed by atoms with E-state index >= 15 is 0 Å². The van der Waals surface area contributed by atoms with Gasteiger partial charge in [-0.2, -0.15) is 0 Å². The van der Waals surface area contributed by atoms with E-state index in [1.54, 1.807) is 18.2 Å². The van der Waals surface area contributed by atoms with Crippen LogP contribution in [-0.4, -0.2) is 35.3 Å². The minimum Gasteiger partial charge on any atom is -0.480 e. The van der Waals surface area contributed by atoms with Crippen molar-refractivity contribution in [3.05, 3.63) is 53.6 Å². The average molecular weight is 371 g/mol. The van der Waals surface area contributed by atoms with Gasteiger partial charge in [-0.05, 0) is 30.3 Å². The SMILES string of the molecule is CC(=O)Oc1ccc(C(=O)c2ccccc2NCC(=O)O)cc1OC(C)=O. The van der Waals surface area contributed by atoms with Crippen LogP contribution in [0.25, 0.3) is 0 Å². The summed E-state index contributed by atoms with van der Waals surface area (Å²) < 4.78 is 9.99. The summed E-state index contributed by atoms with van der Waals surface area (Å²) in [5, 5.41) is 11.5. The molecule has 27 heavy (non-hydrogen) atoms. The molecular formula is C19H17NO7. The molecular weight excluding hydrogens is 354 g/mol. The molecule has 0 saturated heterocycles. The van der Waals surface area contributed by atoms with Gasteiger partial charge in [0, 0.05) is 30.7 Å². The van der Waals surface area contributed by atoms with Crippen molar-refractivity contribution in [1.82, 2.24) is 0 Å². The second kappa shape index (κ2) is 8.61. The fourth-order valence-corrected chi connectivity index (χ4v) is 2.28. The number of hydrogen-bond donors (Lipinski definition) is 2. The Balaban J connectivity index is 2.40. The van der Waals surface area contributed by atoms with E-state index in [2.05, 4.69) is 5.32 Å². The molecule has 8 heteroatoms. The van der Waals surface area contributed by atoms with Crippen LogP contribution in [-0.2, 0) is 14.4 Å². The highest BCUT2D eigenvalue weighted by molar-refractivity contribution is 6.12. The number of carbonyl (C=O) groups excluding carboxylic acids is 3. The predicted octanol–water partition coefficient (Wildman–Crippen LogP) is 2.26. The molecule has 2 aromatic carbocycles. The molecule has 0 aliphatic carbocycles. The minimum absolute atomic E-state index is 0.00605. The third kappa shape index (κ3) is 5.40. The summed E-state index contributed by atoms with van der Waals surface area (Å²) in [7, 11) is 0. The van der Waals surface area contributed by atoms with E-state index in [4.69, 9.17) is 14.6 Å². The Labute approximate surface area is 154 Å². The first-order valence-electron chi connectivity index (χ1n) is 7.88. The molecule has 0 atom stereocenters. The maximum atomic E-state index is 12.8. The van der Waals surface area contributed by atoms with Gasteiger partial charge in [-0.3, -0.25) is 19.2 Å². The third-order valence-corrected chi connectivity index (χ3v) is 3.32. The molecule has 0 spiro atoms. The molecule has 0 radical (unpaired) electrons. The van der Waals surface area contributed by atoms with E-state index in [1.807, 2.05) is 0 Å². The van der Waals surface area contributed by atoms with E-state index in [9.17, 15) is 19.2 Å². The summed E-state index contributed by atoms with van der Waals surface area (Å²) in [6.45, 7) is 2.02. The van der Waals surface area contributed by atoms with Gasteiger partial charge >= 0.3 is 17.9 Å². The number of carbonyl (C=O) groups is 4. The van der Waals surface area contributed by atoms with Gasteiger partial charge in [0.2, 0.25) is 0 Å². The van der Waals surface area contributed by atoms with Crippen molar-refractivity contribution in [3.63, 3.8) is 0 Å². The summed E-state index contributed by atoms with van der Waals surface area (Å²) in [6.07, 6.45) is 0. The zero-order chi connectivity index (χ0) is 20.0. The summed E-state index contributed by atoms with van der Waals surface area (Å²) in [6, 6.07) is 10.5. The van der Waals surface area contributed by atoms with E-state index < -0.39 is 23.7 Å². The molecule has 0 bridgehead atoms. The molecule has 2 aromatic rings. The van der Waals surface area contributed by atoms with E-state index in [-0.39, 0.29) is 29.2 Å². The van der Waals surface area contributed by atoms with E-state index in [0.717, 1.165) is 0 Å². The number of carboxylic acids is 1. The average Bonchev–Trinajstić information content (AvgIpc) is 2.60. The Hall–Kier alpha value is -3.68. The second-order valence-electron chi connectivity index (χ2n) is 5.47. The zero-order valence-corrected chi connectivity index (χ0v) is 14.6. The first kappa shape index (κ1) is 19.6. The molecule has 0 aromatic heterocycles. The van der Waals surface area contributed by atoms with Crippen LogP contribution in [0.2, 0.25) is 0 Å². The number of carboxylic acid groups (broad SMARTS) is 1. The van der Waals surface area contributed by atoms with Crippen molar-refractivity contribution in [2.75, 3.05) is 11.9 Å². The van der Waals surface area contributed by atoms with Gasteiger partial charge in [-0.15, -0.1) is 0 Å². The molecule has 2 rings (SSSR count). The standard InChI is InChI=1S/C19H17NO7/c1-11(21)26-16-8-7-13(9-17(16)27-12(2)22)19(25)14-5-3-4-6-15(14)20-10-18(23)24/h3-9,20H,10H2,1-2H3,(H,23,24). The van der Waals surface area contributed by atoms with E-state index in [1.165, 1.54) is 38.1 Å². The van der Waals surface area contributed by atoms with Gasteiger partial charge in [0.05, 0.1) is 0 Å². The lowest BCUT2D eigenvalue weighted by Gasteiger charge is -2.12. The Kier molecular flexibility index (Phi) is 6.27. The van der Waals surface area contributed by atoms with Crippen molar-refractivity contribution >= 4 is 29.4 Å². The molecule has 2 N–H and O–H groups in total. The number of rotatable bonds is 7. The van der Waals surface area contributed by atoms with Crippen molar-refractivity contribution in [3.8, 4) is 11.5 Å². The van der Waals surface area contributed by atoms with Crippen molar-refractivity contribution < 1.29 is 33.8 Å². The van der Waals surface area contributed by atoms with Crippen LogP contribution >= 0.6 is 0 Å². The molecule has 0 aliphatic rings. The Morgan fingerprint density at radius 3 is 2.19 bits per heavy atom. The van der Waals surface area contributed by atoms with Gasteiger partial charge in [-0.25, -0.2) is 0 Å². The topological polar surface area (TPSA) is 119 Å². The molecule has 0 heterocycles. The monoisotopic (exact) mass is 371 g/mol. The van der Waals surface area contributed by atoms with Crippen LogP contribution in [0.5, 0.6) is 11.5 Å². The number of ether oxygens (including phenoxy) is 2. The highest BCUT2D eigenvalue weighted by Crippen LogP contribution is 2.30. The molecule has 140 valence electrons. The molecule has 0 saturated carbocycles. The number of aliphatic carboxylic acids is 1. The largest absolute Gasteiger partial charge is 0.480 e. The van der Waals surface area contributed by atoms with E-state index in [0.29, 0.717) is 5.69 Å². The lowest BCUT2D eigenvalue weighted by molar-refractivity contribution is -0.135. The van der Waals surface area contributed by atoms with Crippen LogP contribution in [0.4, 0.5) is 5.69 Å². The summed E-state index contributed by atoms with van der Waals surface area (Å²) in [5.74, 6) is -2.81. The summed E-state index contributed by atoms with van der Waals surface area (Å²) >= 11 is 0. The first-order chi connectivity index (χ1) is 12.8. The number of benzene rings is 2. The highest BCUT2D eigenvalue weighted by Gasteiger charge is 2.18. The quantitative estimate of drug-likeness (QED) is 0.432. The Bertz CT molecular complexity index is 905. The molecule has 0 unspecified atom stereocenters. The smallest absolute Gasteiger partial charge is 0.322 e. The lowest BCUT2D eigenvalue weighted by Crippen LogP contribution is -2.15. The molecule has 8 nitrogen and oxygen atoms in total. The predicted molar refractivity (Wildman–Crippen MR) is 95.1 cm³/mol. The fourth-order valence-electron chi connectivity index (χ4n) is 2.28. The van der Waals surface area contributed by atoms with Gasteiger partial charge < -0.3 is 19.9 Å². The molecule has 0 aliphatic heterocycles. The minimum atomic E-state index is -1.07.